The van der Waals surface area contributed by atoms with Gasteiger partial charge in [0.25, 0.3) is 0 Å². The molecule has 2 atom stereocenters. The van der Waals surface area contributed by atoms with Crippen molar-refractivity contribution >= 4 is 11.6 Å². The Balaban J connectivity index is 1.69. The van der Waals surface area contributed by atoms with Crippen LogP contribution in [0, 0.1) is 24.7 Å². The minimum Gasteiger partial charge on any atom is -0.508 e. The van der Waals surface area contributed by atoms with Gasteiger partial charge in [0.05, 0.1) is 0 Å². The molecule has 2 fully saturated rings. The molecule has 1 amide bonds. The highest BCUT2D eigenvalue weighted by Gasteiger charge is 2.56. The normalized spacial score (nSPS) is 29.8. The quantitative estimate of drug-likeness (QED) is 0.769. The molecule has 0 aliphatic heterocycles. The second kappa shape index (κ2) is 3.76. The molecular weight excluding hydrogens is 214 g/mol. The van der Waals surface area contributed by atoms with Crippen LogP contribution in [0.4, 0.5) is 5.69 Å². The smallest absolute Gasteiger partial charge is 0.228 e. The zero-order chi connectivity index (χ0) is 12.0. The first-order valence-electron chi connectivity index (χ1n) is 6.27. The predicted octanol–water partition coefficient (Wildman–Crippen LogP) is 2.69. The number of amides is 1. The Kier molecular flexibility index (Phi) is 2.35. The number of carbonyl (C=O) groups is 1. The topological polar surface area (TPSA) is 49.3 Å². The van der Waals surface area contributed by atoms with E-state index in [4.69, 9.17) is 0 Å². The molecule has 0 saturated heterocycles. The van der Waals surface area contributed by atoms with Crippen molar-refractivity contribution in [3.05, 3.63) is 23.8 Å². The van der Waals surface area contributed by atoms with Crippen molar-refractivity contribution in [1.82, 2.24) is 0 Å². The standard InChI is InChI=1S/C14H17NO2/c1-8-7-9(16)5-6-12(8)15-14(17)13-10-3-2-4-11(10)13/h5-7,10-11,13,16H,2-4H2,1H3,(H,15,17). The van der Waals surface area contributed by atoms with Crippen LogP contribution in [0.1, 0.15) is 24.8 Å². The Morgan fingerprint density at radius 2 is 2.06 bits per heavy atom. The zero-order valence-electron chi connectivity index (χ0n) is 9.94. The molecule has 0 heterocycles. The summed E-state index contributed by atoms with van der Waals surface area (Å²) >= 11 is 0. The van der Waals surface area contributed by atoms with E-state index >= 15 is 0 Å². The number of anilines is 1. The van der Waals surface area contributed by atoms with Crippen LogP contribution >= 0.6 is 0 Å². The molecule has 0 aromatic heterocycles. The maximum Gasteiger partial charge on any atom is 0.228 e. The van der Waals surface area contributed by atoms with Gasteiger partial charge in [0.2, 0.25) is 5.91 Å². The molecule has 2 unspecified atom stereocenters. The summed E-state index contributed by atoms with van der Waals surface area (Å²) in [4.78, 5) is 12.1. The van der Waals surface area contributed by atoms with Crippen LogP contribution in [0.5, 0.6) is 5.75 Å². The zero-order valence-corrected chi connectivity index (χ0v) is 9.94. The van der Waals surface area contributed by atoms with Crippen LogP contribution in [-0.4, -0.2) is 11.0 Å². The van der Waals surface area contributed by atoms with Crippen LogP contribution in [0.25, 0.3) is 0 Å². The van der Waals surface area contributed by atoms with Gasteiger partial charge < -0.3 is 10.4 Å². The van der Waals surface area contributed by atoms with Gasteiger partial charge in [-0.3, -0.25) is 4.79 Å². The lowest BCUT2D eigenvalue weighted by Crippen LogP contribution is -2.17. The van der Waals surface area contributed by atoms with E-state index in [1.807, 2.05) is 6.92 Å². The molecule has 3 rings (SSSR count). The molecule has 2 aliphatic rings. The van der Waals surface area contributed by atoms with Crippen LogP contribution in [0.15, 0.2) is 18.2 Å². The van der Waals surface area contributed by atoms with Crippen molar-refractivity contribution in [1.29, 1.82) is 0 Å². The monoisotopic (exact) mass is 231 g/mol. The molecule has 17 heavy (non-hydrogen) atoms. The molecule has 3 nitrogen and oxygen atoms in total. The predicted molar refractivity (Wildman–Crippen MR) is 65.8 cm³/mol. The van der Waals surface area contributed by atoms with Crippen LogP contribution in [0.3, 0.4) is 0 Å². The minimum absolute atomic E-state index is 0.161. The first-order valence-corrected chi connectivity index (χ1v) is 6.27. The summed E-state index contributed by atoms with van der Waals surface area (Å²) in [6.07, 6.45) is 3.73. The third kappa shape index (κ3) is 1.79. The Morgan fingerprint density at radius 1 is 1.35 bits per heavy atom. The van der Waals surface area contributed by atoms with Gasteiger partial charge >= 0.3 is 0 Å². The van der Waals surface area contributed by atoms with E-state index in [2.05, 4.69) is 5.32 Å². The maximum absolute atomic E-state index is 12.1. The van der Waals surface area contributed by atoms with E-state index in [1.165, 1.54) is 19.3 Å². The van der Waals surface area contributed by atoms with Crippen LogP contribution in [-0.2, 0) is 4.79 Å². The Hall–Kier alpha value is -1.51. The average molecular weight is 231 g/mol. The molecule has 90 valence electrons. The molecule has 1 aromatic rings. The van der Waals surface area contributed by atoms with Crippen LogP contribution < -0.4 is 5.32 Å². The van der Waals surface area contributed by atoms with Crippen molar-refractivity contribution in [3.8, 4) is 5.75 Å². The van der Waals surface area contributed by atoms with E-state index in [0.29, 0.717) is 11.8 Å². The number of nitrogens with one attached hydrogen (secondary N) is 1. The molecule has 2 saturated carbocycles. The van der Waals surface area contributed by atoms with Gasteiger partial charge in [0, 0.05) is 11.6 Å². The van der Waals surface area contributed by atoms with Gasteiger partial charge in [-0.25, -0.2) is 0 Å². The summed E-state index contributed by atoms with van der Waals surface area (Å²) < 4.78 is 0. The van der Waals surface area contributed by atoms with Crippen molar-refractivity contribution in [2.75, 3.05) is 5.32 Å². The number of carbonyl (C=O) groups excluding carboxylic acids is 1. The highest BCUT2D eigenvalue weighted by atomic mass is 16.3. The molecule has 2 N–H and O–H groups in total. The SMILES string of the molecule is Cc1cc(O)ccc1NC(=O)C1C2CCCC21. The largest absolute Gasteiger partial charge is 0.508 e. The van der Waals surface area contributed by atoms with E-state index in [0.717, 1.165) is 11.3 Å². The highest BCUT2D eigenvalue weighted by molar-refractivity contribution is 5.95. The van der Waals surface area contributed by atoms with Crippen molar-refractivity contribution in [3.63, 3.8) is 0 Å². The molecule has 0 bridgehead atoms. The van der Waals surface area contributed by atoms with Gasteiger partial charge in [-0.1, -0.05) is 6.42 Å². The summed E-state index contributed by atoms with van der Waals surface area (Å²) in [6, 6.07) is 5.04. The number of benzene rings is 1. The van der Waals surface area contributed by atoms with Gasteiger partial charge in [0.15, 0.2) is 0 Å². The first kappa shape index (κ1) is 10.6. The Bertz CT molecular complexity index is 459. The number of hydrogen-bond donors (Lipinski definition) is 2. The van der Waals surface area contributed by atoms with Crippen molar-refractivity contribution in [2.24, 2.45) is 17.8 Å². The fourth-order valence-corrected chi connectivity index (χ4v) is 3.21. The minimum atomic E-state index is 0.161. The summed E-state index contributed by atoms with van der Waals surface area (Å²) in [7, 11) is 0. The van der Waals surface area contributed by atoms with Crippen LogP contribution in [0.2, 0.25) is 0 Å². The van der Waals surface area contributed by atoms with Gasteiger partial charge in [0.1, 0.15) is 5.75 Å². The van der Waals surface area contributed by atoms with Crippen molar-refractivity contribution in [2.45, 2.75) is 26.2 Å². The van der Waals surface area contributed by atoms with Crippen molar-refractivity contribution < 1.29 is 9.90 Å². The number of fused-ring (bicyclic) bond motifs is 1. The molecule has 3 heteroatoms. The van der Waals surface area contributed by atoms with Gasteiger partial charge in [-0.15, -0.1) is 0 Å². The molecule has 2 aliphatic carbocycles. The lowest BCUT2D eigenvalue weighted by molar-refractivity contribution is -0.118. The van der Waals surface area contributed by atoms with E-state index in [-0.39, 0.29) is 17.6 Å². The third-order valence-corrected chi connectivity index (χ3v) is 4.18. The molecule has 0 spiro atoms. The molecule has 0 radical (unpaired) electrons. The second-order valence-corrected chi connectivity index (χ2v) is 5.27. The van der Waals surface area contributed by atoms with Gasteiger partial charge in [-0.2, -0.15) is 0 Å². The number of phenolic OH excluding ortho intramolecular Hbond substituents is 1. The van der Waals surface area contributed by atoms with E-state index in [9.17, 15) is 9.90 Å². The summed E-state index contributed by atoms with van der Waals surface area (Å²) in [5, 5.41) is 12.3. The summed E-state index contributed by atoms with van der Waals surface area (Å²) in [5.74, 6) is 1.94. The highest BCUT2D eigenvalue weighted by Crippen LogP contribution is 2.57. The van der Waals surface area contributed by atoms with E-state index in [1.54, 1.807) is 18.2 Å². The molecule has 1 aromatic carbocycles. The lowest BCUT2D eigenvalue weighted by Gasteiger charge is -2.09. The Morgan fingerprint density at radius 3 is 2.71 bits per heavy atom. The average Bonchev–Trinajstić information content (AvgIpc) is 2.77. The number of phenols is 1. The number of aromatic hydroxyl groups is 1. The second-order valence-electron chi connectivity index (χ2n) is 5.27. The number of aryl methyl sites for hydroxylation is 1. The van der Waals surface area contributed by atoms with Gasteiger partial charge in [-0.05, 0) is 55.4 Å². The fraction of sp³-hybridized carbons (Fsp3) is 0.500. The lowest BCUT2D eigenvalue weighted by atomic mass is 10.1. The summed E-state index contributed by atoms with van der Waals surface area (Å²) in [6.45, 7) is 1.89. The first-order chi connectivity index (χ1) is 8.16. The number of rotatable bonds is 2. The van der Waals surface area contributed by atoms with E-state index < -0.39 is 0 Å². The number of hydrogen-bond acceptors (Lipinski definition) is 2. The Labute approximate surface area is 101 Å². The molecular formula is C14H17NO2. The maximum atomic E-state index is 12.1. The fourth-order valence-electron chi connectivity index (χ4n) is 3.21. The summed E-state index contributed by atoms with van der Waals surface area (Å²) in [5.41, 5.74) is 1.72. The third-order valence-electron chi connectivity index (χ3n) is 4.18.